The lowest BCUT2D eigenvalue weighted by Crippen LogP contribution is -2.19. The highest BCUT2D eigenvalue weighted by Gasteiger charge is 2.23. The molecule has 1 fully saturated rings. The Morgan fingerprint density at radius 2 is 2.19 bits per heavy atom. The summed E-state index contributed by atoms with van der Waals surface area (Å²) in [6, 6.07) is 6.04. The van der Waals surface area contributed by atoms with Crippen LogP contribution in [0.4, 0.5) is 0 Å². The minimum atomic E-state index is -0.0232. The third-order valence-electron chi connectivity index (χ3n) is 4.90. The second-order valence-corrected chi connectivity index (χ2v) is 6.60. The lowest BCUT2D eigenvalue weighted by molar-refractivity contribution is -0.0367. The van der Waals surface area contributed by atoms with Gasteiger partial charge in [-0.1, -0.05) is 6.08 Å². The van der Waals surface area contributed by atoms with Crippen LogP contribution in [-0.2, 0) is 4.74 Å². The molecule has 2 aliphatic heterocycles. The van der Waals surface area contributed by atoms with E-state index >= 15 is 0 Å². The summed E-state index contributed by atoms with van der Waals surface area (Å²) in [4.78, 5) is 13.2. The maximum absolute atomic E-state index is 5.97. The Morgan fingerprint density at radius 3 is 2.96 bits per heavy atom. The van der Waals surface area contributed by atoms with Crippen molar-refractivity contribution in [3.8, 4) is 11.3 Å². The van der Waals surface area contributed by atoms with Crippen LogP contribution in [0.2, 0.25) is 0 Å². The molecule has 5 heterocycles. The van der Waals surface area contributed by atoms with Crippen LogP contribution >= 0.6 is 0 Å². The standard InChI is InChI=1S/C20H19N5O/c1-2-9-26-19(5-1)25-18-13-23-17(14-4-3-7-21-11-14)10-16(18)20(24-25)15-6-8-22-12-15/h3-4,6-7,10-13,19H,1-2,5,8-9H2. The molecule has 0 N–H and O–H groups in total. The molecule has 0 radical (unpaired) electrons. The van der Waals surface area contributed by atoms with Gasteiger partial charge >= 0.3 is 0 Å². The summed E-state index contributed by atoms with van der Waals surface area (Å²) in [6.07, 6.45) is 12.7. The molecule has 1 unspecified atom stereocenters. The first kappa shape index (κ1) is 15.4. The number of allylic oxidation sites excluding steroid dienone is 1. The van der Waals surface area contributed by atoms with E-state index in [1.807, 2.05) is 35.4 Å². The lowest BCUT2D eigenvalue weighted by atomic mass is 10.1. The summed E-state index contributed by atoms with van der Waals surface area (Å²) < 4.78 is 7.97. The zero-order valence-electron chi connectivity index (χ0n) is 14.4. The van der Waals surface area contributed by atoms with Crippen molar-refractivity contribution in [1.29, 1.82) is 0 Å². The second kappa shape index (κ2) is 6.46. The molecule has 1 saturated heterocycles. The molecule has 3 aromatic rings. The average Bonchev–Trinajstić information content (AvgIpc) is 3.36. The molecule has 5 rings (SSSR count). The van der Waals surface area contributed by atoms with Gasteiger partial charge in [0, 0.05) is 41.7 Å². The van der Waals surface area contributed by atoms with Crippen LogP contribution in [0.5, 0.6) is 0 Å². The second-order valence-electron chi connectivity index (χ2n) is 6.60. The van der Waals surface area contributed by atoms with E-state index < -0.39 is 0 Å². The van der Waals surface area contributed by atoms with Gasteiger partial charge in [-0.25, -0.2) is 4.68 Å². The first-order valence-electron chi connectivity index (χ1n) is 9.01. The fourth-order valence-electron chi connectivity index (χ4n) is 3.57. The highest BCUT2D eigenvalue weighted by atomic mass is 16.5. The number of pyridine rings is 2. The number of hydrogen-bond donors (Lipinski definition) is 0. The molecule has 0 bridgehead atoms. The lowest BCUT2D eigenvalue weighted by Gasteiger charge is -2.23. The number of nitrogens with zero attached hydrogens (tertiary/aromatic N) is 5. The Labute approximate surface area is 151 Å². The van der Waals surface area contributed by atoms with E-state index in [-0.39, 0.29) is 6.23 Å². The highest BCUT2D eigenvalue weighted by Crippen LogP contribution is 2.32. The van der Waals surface area contributed by atoms with Crippen LogP contribution in [-0.4, -0.2) is 39.1 Å². The van der Waals surface area contributed by atoms with Gasteiger partial charge in [0.1, 0.15) is 5.69 Å². The van der Waals surface area contributed by atoms with E-state index in [9.17, 15) is 0 Å². The highest BCUT2D eigenvalue weighted by molar-refractivity contribution is 6.15. The molecule has 0 amide bonds. The molecule has 2 aliphatic rings. The van der Waals surface area contributed by atoms with Crippen molar-refractivity contribution >= 4 is 22.7 Å². The molecular weight excluding hydrogens is 326 g/mol. The van der Waals surface area contributed by atoms with Crippen molar-refractivity contribution in [1.82, 2.24) is 19.7 Å². The SMILES string of the molecule is C1=NCC=C1c1nn(C2CCCCO2)c2cnc(-c3cccnc3)cc12. The molecule has 6 heteroatoms. The summed E-state index contributed by atoms with van der Waals surface area (Å²) in [5.41, 5.74) is 4.90. The van der Waals surface area contributed by atoms with E-state index in [4.69, 9.17) is 9.84 Å². The summed E-state index contributed by atoms with van der Waals surface area (Å²) in [6.45, 7) is 1.50. The summed E-state index contributed by atoms with van der Waals surface area (Å²) in [5, 5.41) is 5.98. The third-order valence-corrected chi connectivity index (χ3v) is 4.90. The van der Waals surface area contributed by atoms with Crippen LogP contribution in [0, 0.1) is 0 Å². The Hall–Kier alpha value is -2.86. The number of aliphatic imine (C=N–C) groups is 1. The Balaban J connectivity index is 1.68. The number of aromatic nitrogens is 4. The van der Waals surface area contributed by atoms with E-state index in [1.165, 1.54) is 0 Å². The van der Waals surface area contributed by atoms with Crippen LogP contribution in [0.15, 0.2) is 47.9 Å². The molecule has 0 spiro atoms. The van der Waals surface area contributed by atoms with Crippen molar-refractivity contribution in [2.24, 2.45) is 4.99 Å². The first-order valence-corrected chi connectivity index (χ1v) is 9.01. The molecule has 0 saturated carbocycles. The van der Waals surface area contributed by atoms with Gasteiger partial charge in [-0.2, -0.15) is 5.10 Å². The number of hydrogen-bond acceptors (Lipinski definition) is 5. The normalized spacial score (nSPS) is 19.8. The Morgan fingerprint density at radius 1 is 1.19 bits per heavy atom. The summed E-state index contributed by atoms with van der Waals surface area (Å²) >= 11 is 0. The van der Waals surface area contributed by atoms with Gasteiger partial charge < -0.3 is 4.74 Å². The van der Waals surface area contributed by atoms with Crippen LogP contribution in [0.3, 0.4) is 0 Å². The van der Waals surface area contributed by atoms with Crippen molar-refractivity contribution in [2.75, 3.05) is 13.2 Å². The van der Waals surface area contributed by atoms with Crippen LogP contribution < -0.4 is 0 Å². The minimum Gasteiger partial charge on any atom is -0.356 e. The summed E-state index contributed by atoms with van der Waals surface area (Å²) in [7, 11) is 0. The molecule has 3 aromatic heterocycles. The van der Waals surface area contributed by atoms with Gasteiger partial charge in [0.15, 0.2) is 6.23 Å². The number of ether oxygens (including phenoxy) is 1. The zero-order chi connectivity index (χ0) is 17.3. The largest absolute Gasteiger partial charge is 0.356 e. The average molecular weight is 345 g/mol. The van der Waals surface area contributed by atoms with Gasteiger partial charge in [0.25, 0.3) is 0 Å². The van der Waals surface area contributed by atoms with E-state index in [2.05, 4.69) is 27.1 Å². The maximum Gasteiger partial charge on any atom is 0.150 e. The molecule has 130 valence electrons. The zero-order valence-corrected chi connectivity index (χ0v) is 14.4. The van der Waals surface area contributed by atoms with Gasteiger partial charge in [0.05, 0.1) is 24.0 Å². The number of fused-ring (bicyclic) bond motifs is 1. The fraction of sp³-hybridized carbons (Fsp3) is 0.300. The van der Waals surface area contributed by atoms with Gasteiger partial charge in [-0.05, 0) is 37.5 Å². The fourth-order valence-corrected chi connectivity index (χ4v) is 3.57. The summed E-state index contributed by atoms with van der Waals surface area (Å²) in [5.74, 6) is 0. The quantitative estimate of drug-likeness (QED) is 0.727. The van der Waals surface area contributed by atoms with Gasteiger partial charge in [-0.3, -0.25) is 15.0 Å². The topological polar surface area (TPSA) is 65.2 Å². The smallest absolute Gasteiger partial charge is 0.150 e. The predicted octanol–water partition coefficient (Wildman–Crippen LogP) is 3.66. The van der Waals surface area contributed by atoms with Crippen LogP contribution in [0.25, 0.3) is 27.7 Å². The Bertz CT molecular complexity index is 1000. The monoisotopic (exact) mass is 345 g/mol. The van der Waals surface area contributed by atoms with E-state index in [0.29, 0.717) is 6.54 Å². The molecule has 6 nitrogen and oxygen atoms in total. The molecule has 0 aromatic carbocycles. The van der Waals surface area contributed by atoms with Gasteiger partial charge in [-0.15, -0.1) is 0 Å². The Kier molecular flexibility index (Phi) is 3.83. The van der Waals surface area contributed by atoms with Gasteiger partial charge in [0.2, 0.25) is 0 Å². The maximum atomic E-state index is 5.97. The van der Waals surface area contributed by atoms with Crippen molar-refractivity contribution in [3.05, 3.63) is 48.6 Å². The predicted molar refractivity (Wildman–Crippen MR) is 101 cm³/mol. The molecule has 1 atom stereocenters. The first-order chi connectivity index (χ1) is 12.9. The molecule has 26 heavy (non-hydrogen) atoms. The van der Waals surface area contributed by atoms with Crippen molar-refractivity contribution in [2.45, 2.75) is 25.5 Å². The third kappa shape index (κ3) is 2.63. The van der Waals surface area contributed by atoms with Crippen LogP contribution in [0.1, 0.15) is 31.2 Å². The van der Waals surface area contributed by atoms with E-state index in [1.54, 1.807) is 6.20 Å². The molecule has 0 aliphatic carbocycles. The minimum absolute atomic E-state index is 0.0232. The van der Waals surface area contributed by atoms with E-state index in [0.717, 1.165) is 59.3 Å². The number of rotatable bonds is 3. The molecular formula is C20H19N5O. The van der Waals surface area contributed by atoms with Crippen molar-refractivity contribution in [3.63, 3.8) is 0 Å². The van der Waals surface area contributed by atoms with Crippen molar-refractivity contribution < 1.29 is 4.74 Å².